The third kappa shape index (κ3) is 2.93. The number of aliphatic hydroxyl groups is 1. The van der Waals surface area contributed by atoms with Crippen LogP contribution in [0.2, 0.25) is 0 Å². The second-order valence-corrected chi connectivity index (χ2v) is 7.02. The molecule has 0 aliphatic carbocycles. The molecule has 0 radical (unpaired) electrons. The minimum Gasteiger partial charge on any atom is -0.395 e. The highest BCUT2D eigenvalue weighted by Gasteiger charge is 2.36. The second kappa shape index (κ2) is 6.58. The second-order valence-electron chi connectivity index (χ2n) is 7.02. The molecule has 1 aliphatic heterocycles. The molecule has 9 heteroatoms. The third-order valence-electron chi connectivity index (χ3n) is 4.88. The van der Waals surface area contributed by atoms with Gasteiger partial charge in [-0.15, -0.1) is 0 Å². The molecule has 0 saturated carbocycles. The van der Waals surface area contributed by atoms with Gasteiger partial charge in [-0.3, -0.25) is 4.68 Å². The minimum absolute atomic E-state index is 0.0694. The fourth-order valence-corrected chi connectivity index (χ4v) is 3.28. The summed E-state index contributed by atoms with van der Waals surface area (Å²) in [5.41, 5.74) is 1.77. The predicted octanol–water partition coefficient (Wildman–Crippen LogP) is 2.31. The Bertz CT molecular complexity index is 1100. The number of anilines is 3. The van der Waals surface area contributed by atoms with Gasteiger partial charge in [-0.05, 0) is 17.7 Å². The van der Waals surface area contributed by atoms with Crippen molar-refractivity contribution >= 4 is 17.5 Å². The number of nitrogens with one attached hydrogen (secondary N) is 2. The quantitative estimate of drug-likeness (QED) is 0.638. The number of halogens is 1. The van der Waals surface area contributed by atoms with E-state index in [4.69, 9.17) is 0 Å². The Morgan fingerprint density at radius 3 is 2.96 bits per heavy atom. The Balaban J connectivity index is 1.80. The number of hydrogen-bond acceptors (Lipinski definition) is 7. The molecule has 28 heavy (non-hydrogen) atoms. The van der Waals surface area contributed by atoms with Crippen LogP contribution in [-0.4, -0.2) is 38.0 Å². The van der Waals surface area contributed by atoms with E-state index in [1.165, 1.54) is 0 Å². The highest BCUT2D eigenvalue weighted by Crippen LogP contribution is 2.41. The van der Waals surface area contributed by atoms with Gasteiger partial charge in [-0.2, -0.15) is 10.4 Å². The summed E-state index contributed by atoms with van der Waals surface area (Å²) in [6.07, 6.45) is 2.84. The maximum Gasteiger partial charge on any atom is 0.229 e. The van der Waals surface area contributed by atoms with Crippen LogP contribution < -0.4 is 10.6 Å². The Kier molecular flexibility index (Phi) is 4.20. The van der Waals surface area contributed by atoms with E-state index in [9.17, 15) is 14.8 Å². The molecule has 4 rings (SSSR count). The predicted molar refractivity (Wildman–Crippen MR) is 102 cm³/mol. The molecule has 0 amide bonds. The van der Waals surface area contributed by atoms with Gasteiger partial charge < -0.3 is 15.7 Å². The van der Waals surface area contributed by atoms with E-state index in [1.807, 2.05) is 6.92 Å². The van der Waals surface area contributed by atoms with Gasteiger partial charge in [0, 0.05) is 36.8 Å². The summed E-state index contributed by atoms with van der Waals surface area (Å²) < 4.78 is 16.2. The normalized spacial score (nSPS) is 17.7. The molecule has 0 fully saturated rings. The monoisotopic (exact) mass is 379 g/mol. The van der Waals surface area contributed by atoms with Gasteiger partial charge >= 0.3 is 0 Å². The SMILES string of the molecule is Cn1ccc(Nc2ncc(F)c(-c3cc(C#N)c4c(c3)[C@@](C)(CO)CN4)n2)n1. The van der Waals surface area contributed by atoms with Crippen molar-refractivity contribution in [2.75, 3.05) is 23.8 Å². The van der Waals surface area contributed by atoms with Crippen LogP contribution in [0.25, 0.3) is 11.3 Å². The molecule has 8 nitrogen and oxygen atoms in total. The number of rotatable bonds is 4. The molecule has 3 N–H and O–H groups in total. The number of nitrogens with zero attached hydrogens (tertiary/aromatic N) is 5. The van der Waals surface area contributed by atoms with Crippen LogP contribution in [0.3, 0.4) is 0 Å². The highest BCUT2D eigenvalue weighted by molar-refractivity contribution is 5.76. The Hall–Kier alpha value is -3.51. The summed E-state index contributed by atoms with van der Waals surface area (Å²) in [6, 6.07) is 7.24. The van der Waals surface area contributed by atoms with Crippen molar-refractivity contribution < 1.29 is 9.50 Å². The number of aliphatic hydroxyl groups excluding tert-OH is 1. The van der Waals surface area contributed by atoms with E-state index >= 15 is 0 Å². The average Bonchev–Trinajstić information content (AvgIpc) is 3.26. The molecule has 0 saturated heterocycles. The zero-order valence-electron chi connectivity index (χ0n) is 15.4. The zero-order chi connectivity index (χ0) is 19.9. The summed E-state index contributed by atoms with van der Waals surface area (Å²) in [5.74, 6) is 0.119. The molecule has 142 valence electrons. The van der Waals surface area contributed by atoms with Gasteiger partial charge in [0.15, 0.2) is 11.6 Å². The number of nitriles is 1. The van der Waals surface area contributed by atoms with Crippen LogP contribution in [-0.2, 0) is 12.5 Å². The number of hydrogen-bond donors (Lipinski definition) is 3. The lowest BCUT2D eigenvalue weighted by Crippen LogP contribution is -2.28. The number of benzene rings is 1. The van der Waals surface area contributed by atoms with Crippen molar-refractivity contribution in [2.24, 2.45) is 7.05 Å². The van der Waals surface area contributed by atoms with Crippen molar-refractivity contribution in [2.45, 2.75) is 12.3 Å². The van der Waals surface area contributed by atoms with Gasteiger partial charge in [0.2, 0.25) is 5.95 Å². The van der Waals surface area contributed by atoms with Crippen molar-refractivity contribution in [1.82, 2.24) is 19.7 Å². The lowest BCUT2D eigenvalue weighted by Gasteiger charge is -2.21. The van der Waals surface area contributed by atoms with E-state index in [1.54, 1.807) is 36.1 Å². The summed E-state index contributed by atoms with van der Waals surface area (Å²) in [5, 5.41) is 29.6. The van der Waals surface area contributed by atoms with E-state index in [0.717, 1.165) is 11.8 Å². The van der Waals surface area contributed by atoms with E-state index in [-0.39, 0.29) is 18.2 Å². The lowest BCUT2D eigenvalue weighted by atomic mass is 9.83. The van der Waals surface area contributed by atoms with Gasteiger partial charge in [-0.1, -0.05) is 6.92 Å². The van der Waals surface area contributed by atoms with Crippen LogP contribution in [0.5, 0.6) is 0 Å². The van der Waals surface area contributed by atoms with Crippen LogP contribution in [0.4, 0.5) is 21.8 Å². The van der Waals surface area contributed by atoms with Gasteiger partial charge in [0.25, 0.3) is 0 Å². The van der Waals surface area contributed by atoms with Crippen LogP contribution in [0, 0.1) is 17.1 Å². The first-order valence-corrected chi connectivity index (χ1v) is 8.66. The zero-order valence-corrected chi connectivity index (χ0v) is 15.4. The molecule has 0 spiro atoms. The maximum atomic E-state index is 14.5. The van der Waals surface area contributed by atoms with Crippen LogP contribution >= 0.6 is 0 Å². The lowest BCUT2D eigenvalue weighted by molar-refractivity contribution is 0.219. The highest BCUT2D eigenvalue weighted by atomic mass is 19.1. The van der Waals surface area contributed by atoms with Crippen molar-refractivity contribution in [3.8, 4) is 17.3 Å². The van der Waals surface area contributed by atoms with Crippen molar-refractivity contribution in [1.29, 1.82) is 5.26 Å². The fourth-order valence-electron chi connectivity index (χ4n) is 3.28. The van der Waals surface area contributed by atoms with Crippen LogP contribution in [0.15, 0.2) is 30.6 Å². The number of aryl methyl sites for hydroxylation is 1. The molecule has 0 unspecified atom stereocenters. The average molecular weight is 379 g/mol. The van der Waals surface area contributed by atoms with Crippen molar-refractivity contribution in [3.05, 3.63) is 47.5 Å². The summed E-state index contributed by atoms with van der Waals surface area (Å²) in [6.45, 7) is 2.29. The van der Waals surface area contributed by atoms with Gasteiger partial charge in [0.1, 0.15) is 11.8 Å². The summed E-state index contributed by atoms with van der Waals surface area (Å²) in [7, 11) is 1.78. The molecule has 3 aromatic rings. The smallest absolute Gasteiger partial charge is 0.229 e. The molecule has 1 aromatic carbocycles. The largest absolute Gasteiger partial charge is 0.395 e. The Morgan fingerprint density at radius 1 is 1.46 bits per heavy atom. The van der Waals surface area contributed by atoms with E-state index < -0.39 is 11.2 Å². The van der Waals surface area contributed by atoms with E-state index in [0.29, 0.717) is 29.2 Å². The summed E-state index contributed by atoms with van der Waals surface area (Å²) >= 11 is 0. The van der Waals surface area contributed by atoms with Crippen LogP contribution in [0.1, 0.15) is 18.1 Å². The van der Waals surface area contributed by atoms with Gasteiger partial charge in [-0.25, -0.2) is 14.4 Å². The molecule has 3 heterocycles. The maximum absolute atomic E-state index is 14.5. The molecule has 1 aliphatic rings. The standard InChI is InChI=1S/C19H18FN7O/c1-19(10-28)9-23-16-12(7-21)5-11(6-13(16)19)17-14(20)8-22-18(25-17)24-15-3-4-27(2)26-15/h3-6,8,23,28H,9-10H2,1-2H3,(H,22,24,25,26)/t19-/m1/s1. The molecule has 2 aromatic heterocycles. The summed E-state index contributed by atoms with van der Waals surface area (Å²) in [4.78, 5) is 8.25. The Morgan fingerprint density at radius 2 is 2.29 bits per heavy atom. The fraction of sp³-hybridized carbons (Fsp3) is 0.263. The first kappa shape index (κ1) is 17.9. The first-order valence-electron chi connectivity index (χ1n) is 8.66. The molecule has 0 bridgehead atoms. The minimum atomic E-state index is -0.605. The molecular formula is C19H18FN7O. The topological polar surface area (TPSA) is 112 Å². The number of aromatic nitrogens is 4. The van der Waals surface area contributed by atoms with E-state index in [2.05, 4.69) is 31.8 Å². The first-order chi connectivity index (χ1) is 13.4. The number of fused-ring (bicyclic) bond motifs is 1. The third-order valence-corrected chi connectivity index (χ3v) is 4.88. The van der Waals surface area contributed by atoms with Crippen molar-refractivity contribution in [3.63, 3.8) is 0 Å². The Labute approximate surface area is 160 Å². The van der Waals surface area contributed by atoms with Gasteiger partial charge in [0.05, 0.1) is 24.1 Å². The molecular weight excluding hydrogens is 361 g/mol. The molecule has 1 atom stereocenters.